The highest BCUT2D eigenvalue weighted by Gasteiger charge is 2.04. The van der Waals surface area contributed by atoms with Crippen molar-refractivity contribution in [3.05, 3.63) is 32.5 Å². The van der Waals surface area contributed by atoms with E-state index in [2.05, 4.69) is 40.6 Å². The van der Waals surface area contributed by atoms with E-state index in [1.807, 2.05) is 6.21 Å². The predicted molar refractivity (Wildman–Crippen MR) is 78.1 cm³/mol. The average molecular weight is 280 g/mol. The zero-order valence-electron chi connectivity index (χ0n) is 10.5. The number of thiophene rings is 1. The third-order valence-electron chi connectivity index (χ3n) is 2.66. The number of hydrogen-bond donors (Lipinski definition) is 1. The third kappa shape index (κ3) is 2.94. The first kappa shape index (κ1) is 13.2. The van der Waals surface area contributed by atoms with Crippen LogP contribution >= 0.6 is 23.6 Å². The Morgan fingerprint density at radius 1 is 1.61 bits per heavy atom. The number of rotatable bonds is 5. The number of aromatic amines is 1. The van der Waals surface area contributed by atoms with Crippen LogP contribution in [0.15, 0.2) is 16.5 Å². The van der Waals surface area contributed by atoms with Crippen LogP contribution in [0.4, 0.5) is 0 Å². The quantitative estimate of drug-likeness (QED) is 0.672. The van der Waals surface area contributed by atoms with Crippen LogP contribution in [0.3, 0.4) is 0 Å². The van der Waals surface area contributed by atoms with Crippen LogP contribution in [0.2, 0.25) is 0 Å². The van der Waals surface area contributed by atoms with Crippen LogP contribution in [0, 0.1) is 11.7 Å². The number of unbranched alkanes of at least 4 members (excludes halogenated alkanes) is 1. The molecule has 96 valence electrons. The molecule has 0 bridgehead atoms. The summed E-state index contributed by atoms with van der Waals surface area (Å²) in [5.74, 6) is 0.896. The van der Waals surface area contributed by atoms with Gasteiger partial charge in [0, 0.05) is 6.42 Å². The van der Waals surface area contributed by atoms with E-state index in [0.29, 0.717) is 4.77 Å². The summed E-state index contributed by atoms with van der Waals surface area (Å²) in [5.41, 5.74) is 1.23. The van der Waals surface area contributed by atoms with Crippen molar-refractivity contribution in [3.8, 4) is 0 Å². The Balaban J connectivity index is 2.23. The highest BCUT2D eigenvalue weighted by atomic mass is 32.1. The van der Waals surface area contributed by atoms with Gasteiger partial charge in [-0.05, 0) is 42.6 Å². The van der Waals surface area contributed by atoms with Crippen molar-refractivity contribution < 1.29 is 0 Å². The van der Waals surface area contributed by atoms with Gasteiger partial charge in [0.15, 0.2) is 5.82 Å². The fourth-order valence-corrected chi connectivity index (χ4v) is 2.55. The molecule has 0 aliphatic heterocycles. The standard InChI is InChI=1S/C12H16N4S2/c1-3-4-5-11-14-15-12(17)16(11)13-8-10-9(2)6-7-18-10/h6-8H,3-5H2,1-2H3,(H,15,17)/b13-8-. The molecule has 4 nitrogen and oxygen atoms in total. The van der Waals surface area contributed by atoms with E-state index in [0.717, 1.165) is 30.0 Å². The van der Waals surface area contributed by atoms with Gasteiger partial charge in [0.1, 0.15) is 0 Å². The van der Waals surface area contributed by atoms with E-state index in [4.69, 9.17) is 12.2 Å². The number of hydrogen-bond acceptors (Lipinski definition) is 4. The van der Waals surface area contributed by atoms with Gasteiger partial charge >= 0.3 is 0 Å². The Bertz CT molecular complexity index is 591. The summed E-state index contributed by atoms with van der Waals surface area (Å²) in [5, 5.41) is 13.5. The zero-order valence-corrected chi connectivity index (χ0v) is 12.1. The maximum atomic E-state index is 5.19. The molecule has 1 N–H and O–H groups in total. The summed E-state index contributed by atoms with van der Waals surface area (Å²) in [6, 6.07) is 2.08. The fraction of sp³-hybridized carbons (Fsp3) is 0.417. The van der Waals surface area contributed by atoms with Gasteiger partial charge in [-0.15, -0.1) is 11.3 Å². The van der Waals surface area contributed by atoms with Crippen molar-refractivity contribution >= 4 is 29.8 Å². The van der Waals surface area contributed by atoms with E-state index >= 15 is 0 Å². The lowest BCUT2D eigenvalue weighted by molar-refractivity contribution is 0.700. The van der Waals surface area contributed by atoms with E-state index in [1.54, 1.807) is 16.0 Å². The molecule has 0 aliphatic carbocycles. The van der Waals surface area contributed by atoms with Gasteiger partial charge in [-0.25, -0.2) is 0 Å². The lowest BCUT2D eigenvalue weighted by atomic mass is 10.2. The van der Waals surface area contributed by atoms with Gasteiger partial charge in [-0.3, -0.25) is 5.10 Å². The molecule has 0 fully saturated rings. The van der Waals surface area contributed by atoms with Crippen LogP contribution in [0.25, 0.3) is 0 Å². The maximum Gasteiger partial charge on any atom is 0.216 e. The minimum absolute atomic E-state index is 0.548. The maximum absolute atomic E-state index is 5.19. The first-order valence-electron chi connectivity index (χ1n) is 5.97. The molecule has 0 aliphatic rings. The molecule has 0 saturated carbocycles. The van der Waals surface area contributed by atoms with Gasteiger partial charge in [0.2, 0.25) is 4.77 Å². The summed E-state index contributed by atoms with van der Waals surface area (Å²) in [4.78, 5) is 1.15. The molecule has 0 saturated heterocycles. The van der Waals surface area contributed by atoms with E-state index < -0.39 is 0 Å². The molecule has 2 aromatic heterocycles. The molecular weight excluding hydrogens is 264 g/mol. The largest absolute Gasteiger partial charge is 0.250 e. The SMILES string of the molecule is CCCCc1n[nH]c(=S)n1/N=C\c1sccc1C. The van der Waals surface area contributed by atoms with Crippen LogP contribution in [0.1, 0.15) is 36.0 Å². The fourth-order valence-electron chi connectivity index (χ4n) is 1.57. The Morgan fingerprint density at radius 2 is 2.44 bits per heavy atom. The number of aromatic nitrogens is 3. The minimum atomic E-state index is 0.548. The smallest absolute Gasteiger partial charge is 0.216 e. The molecule has 2 heterocycles. The van der Waals surface area contributed by atoms with Gasteiger partial charge in [-0.2, -0.15) is 14.9 Å². The summed E-state index contributed by atoms with van der Waals surface area (Å²) >= 11 is 6.86. The monoisotopic (exact) mass is 280 g/mol. The van der Waals surface area contributed by atoms with Crippen LogP contribution in [-0.2, 0) is 6.42 Å². The zero-order chi connectivity index (χ0) is 13.0. The summed E-state index contributed by atoms with van der Waals surface area (Å²) in [6.07, 6.45) is 4.96. The number of nitrogens with one attached hydrogen (secondary N) is 1. The van der Waals surface area contributed by atoms with Crippen molar-refractivity contribution in [3.63, 3.8) is 0 Å². The second-order valence-electron chi connectivity index (χ2n) is 4.07. The lowest BCUT2D eigenvalue weighted by Crippen LogP contribution is -1.99. The molecule has 0 unspecified atom stereocenters. The third-order valence-corrected chi connectivity index (χ3v) is 3.88. The highest BCUT2D eigenvalue weighted by Crippen LogP contribution is 2.13. The van der Waals surface area contributed by atoms with E-state index in [9.17, 15) is 0 Å². The van der Waals surface area contributed by atoms with Crippen LogP contribution < -0.4 is 0 Å². The Labute approximate surface area is 115 Å². The molecule has 0 amide bonds. The van der Waals surface area contributed by atoms with Gasteiger partial charge < -0.3 is 0 Å². The predicted octanol–water partition coefficient (Wildman–Crippen LogP) is 3.54. The molecule has 2 aromatic rings. The molecule has 0 atom stereocenters. The molecule has 6 heteroatoms. The first-order chi connectivity index (χ1) is 8.72. The average Bonchev–Trinajstić information content (AvgIpc) is 2.91. The summed E-state index contributed by atoms with van der Waals surface area (Å²) in [6.45, 7) is 4.23. The van der Waals surface area contributed by atoms with Crippen LogP contribution in [-0.4, -0.2) is 21.1 Å². The van der Waals surface area contributed by atoms with Crippen LogP contribution in [0.5, 0.6) is 0 Å². The Morgan fingerprint density at radius 3 is 3.11 bits per heavy atom. The molecular formula is C12H16N4S2. The number of H-pyrrole nitrogens is 1. The normalized spacial score (nSPS) is 11.4. The van der Waals surface area contributed by atoms with E-state index in [1.165, 1.54) is 5.56 Å². The highest BCUT2D eigenvalue weighted by molar-refractivity contribution is 7.71. The summed E-state index contributed by atoms with van der Waals surface area (Å²) in [7, 11) is 0. The molecule has 0 spiro atoms. The number of nitrogens with zero attached hydrogens (tertiary/aromatic N) is 3. The van der Waals surface area contributed by atoms with Gasteiger partial charge in [0.05, 0.1) is 11.1 Å². The Hall–Kier alpha value is -1.27. The van der Waals surface area contributed by atoms with Crippen molar-refractivity contribution in [2.45, 2.75) is 33.1 Å². The molecule has 2 rings (SSSR count). The molecule has 0 aromatic carbocycles. The topological polar surface area (TPSA) is 46.0 Å². The molecule has 18 heavy (non-hydrogen) atoms. The summed E-state index contributed by atoms with van der Waals surface area (Å²) < 4.78 is 2.26. The van der Waals surface area contributed by atoms with Crippen molar-refractivity contribution in [1.82, 2.24) is 14.9 Å². The second-order valence-corrected chi connectivity index (χ2v) is 5.41. The van der Waals surface area contributed by atoms with Crippen molar-refractivity contribution in [2.24, 2.45) is 5.10 Å². The van der Waals surface area contributed by atoms with Crippen molar-refractivity contribution in [1.29, 1.82) is 0 Å². The van der Waals surface area contributed by atoms with Crippen molar-refractivity contribution in [2.75, 3.05) is 0 Å². The Kier molecular flexibility index (Phi) is 4.43. The molecule has 0 radical (unpaired) electrons. The second kappa shape index (κ2) is 6.06. The van der Waals surface area contributed by atoms with E-state index in [-0.39, 0.29) is 0 Å². The van der Waals surface area contributed by atoms with Gasteiger partial charge in [-0.1, -0.05) is 13.3 Å². The number of aryl methyl sites for hydroxylation is 2. The first-order valence-corrected chi connectivity index (χ1v) is 7.26. The van der Waals surface area contributed by atoms with Gasteiger partial charge in [0.25, 0.3) is 0 Å². The minimum Gasteiger partial charge on any atom is -0.250 e. The lowest BCUT2D eigenvalue weighted by Gasteiger charge is -1.98.